The van der Waals surface area contributed by atoms with E-state index in [0.29, 0.717) is 17.3 Å². The normalized spacial score (nSPS) is 11.1. The van der Waals surface area contributed by atoms with Gasteiger partial charge in [0.25, 0.3) is 0 Å². The lowest BCUT2D eigenvalue weighted by molar-refractivity contribution is 0.476. The number of phenols is 1. The van der Waals surface area contributed by atoms with Crippen LogP contribution in [0.3, 0.4) is 0 Å². The van der Waals surface area contributed by atoms with Crippen molar-refractivity contribution in [3.05, 3.63) is 66.9 Å². The van der Waals surface area contributed by atoms with Gasteiger partial charge >= 0.3 is 0 Å². The van der Waals surface area contributed by atoms with Gasteiger partial charge < -0.3 is 16.2 Å². The largest absolute Gasteiger partial charge is 0.508 e. The molecule has 0 unspecified atom stereocenters. The van der Waals surface area contributed by atoms with Crippen LogP contribution in [0.15, 0.2) is 66.9 Å². The summed E-state index contributed by atoms with van der Waals surface area (Å²) >= 11 is 0. The van der Waals surface area contributed by atoms with E-state index < -0.39 is 0 Å². The van der Waals surface area contributed by atoms with Crippen LogP contribution in [0.2, 0.25) is 0 Å². The lowest BCUT2D eigenvalue weighted by atomic mass is 10.1. The van der Waals surface area contributed by atoms with E-state index in [-0.39, 0.29) is 5.75 Å². The molecule has 28 heavy (non-hydrogen) atoms. The minimum Gasteiger partial charge on any atom is -0.508 e. The number of anilines is 3. The van der Waals surface area contributed by atoms with Gasteiger partial charge in [0.2, 0.25) is 0 Å². The zero-order valence-corrected chi connectivity index (χ0v) is 14.7. The molecule has 7 heteroatoms. The second-order valence-corrected chi connectivity index (χ2v) is 6.52. The lowest BCUT2D eigenvalue weighted by Gasteiger charge is -2.12. The molecule has 0 saturated heterocycles. The fourth-order valence-corrected chi connectivity index (χ4v) is 3.18. The Hall–Kier alpha value is -4.13. The molecule has 0 aliphatic rings. The molecule has 5 rings (SSSR count). The van der Waals surface area contributed by atoms with E-state index in [9.17, 15) is 5.11 Å². The van der Waals surface area contributed by atoms with E-state index in [4.69, 9.17) is 10.7 Å². The van der Waals surface area contributed by atoms with Gasteiger partial charge in [-0.25, -0.2) is 9.97 Å². The summed E-state index contributed by atoms with van der Waals surface area (Å²) in [5.74, 6) is 1.31. The number of nitrogens with two attached hydrogens (primary N) is 1. The zero-order chi connectivity index (χ0) is 19.1. The van der Waals surface area contributed by atoms with Crippen molar-refractivity contribution in [2.45, 2.75) is 0 Å². The van der Waals surface area contributed by atoms with Gasteiger partial charge in [-0.2, -0.15) is 5.10 Å². The third kappa shape index (κ3) is 2.84. The van der Waals surface area contributed by atoms with Crippen molar-refractivity contribution >= 4 is 39.0 Å². The Balaban J connectivity index is 1.67. The highest BCUT2D eigenvalue weighted by Crippen LogP contribution is 2.30. The molecule has 5 aromatic rings. The molecule has 5 N–H and O–H groups in total. The van der Waals surface area contributed by atoms with E-state index in [1.54, 1.807) is 24.4 Å². The lowest BCUT2D eigenvalue weighted by Crippen LogP contribution is -1.99. The second-order valence-electron chi connectivity index (χ2n) is 6.52. The van der Waals surface area contributed by atoms with E-state index in [1.807, 2.05) is 42.5 Å². The third-order valence-electron chi connectivity index (χ3n) is 4.53. The number of aromatic nitrogens is 4. The summed E-state index contributed by atoms with van der Waals surface area (Å²) in [4.78, 5) is 9.34. The summed E-state index contributed by atoms with van der Waals surface area (Å²) in [6, 6.07) is 18.3. The van der Waals surface area contributed by atoms with Crippen molar-refractivity contribution in [3.8, 4) is 17.1 Å². The van der Waals surface area contributed by atoms with Gasteiger partial charge in [-0.15, -0.1) is 0 Å². The molecule has 3 aromatic carbocycles. The second kappa shape index (κ2) is 6.24. The molecular weight excluding hydrogens is 352 g/mol. The SMILES string of the molecule is Nc1cccc(-c2nc(Nc3ccc4[nH]ncc4c3)c3cc(O)ccc3n2)c1. The molecule has 0 spiro atoms. The molecular formula is C21H16N6O. The first-order valence-electron chi connectivity index (χ1n) is 8.72. The summed E-state index contributed by atoms with van der Waals surface area (Å²) < 4.78 is 0. The molecule has 0 saturated carbocycles. The first-order valence-corrected chi connectivity index (χ1v) is 8.72. The first kappa shape index (κ1) is 16.1. The molecule has 0 amide bonds. The summed E-state index contributed by atoms with van der Waals surface area (Å²) in [6.45, 7) is 0. The summed E-state index contributed by atoms with van der Waals surface area (Å²) in [6.07, 6.45) is 1.77. The average Bonchev–Trinajstić information content (AvgIpc) is 3.16. The summed E-state index contributed by atoms with van der Waals surface area (Å²) in [5.41, 5.74) is 9.92. The van der Waals surface area contributed by atoms with E-state index in [2.05, 4.69) is 20.5 Å². The number of aromatic hydroxyl groups is 1. The smallest absolute Gasteiger partial charge is 0.162 e. The van der Waals surface area contributed by atoms with E-state index in [0.717, 1.165) is 33.1 Å². The van der Waals surface area contributed by atoms with Gasteiger partial charge in [-0.3, -0.25) is 5.10 Å². The number of benzene rings is 3. The van der Waals surface area contributed by atoms with E-state index >= 15 is 0 Å². The van der Waals surface area contributed by atoms with E-state index in [1.165, 1.54) is 0 Å². The van der Waals surface area contributed by atoms with Crippen molar-refractivity contribution < 1.29 is 5.11 Å². The molecule has 7 nitrogen and oxygen atoms in total. The number of aromatic amines is 1. The summed E-state index contributed by atoms with van der Waals surface area (Å²) in [7, 11) is 0. The fourth-order valence-electron chi connectivity index (χ4n) is 3.18. The van der Waals surface area contributed by atoms with Gasteiger partial charge in [-0.05, 0) is 48.5 Å². The first-order chi connectivity index (χ1) is 13.7. The average molecular weight is 368 g/mol. The number of nitrogens with zero attached hydrogens (tertiary/aromatic N) is 3. The Bertz CT molecular complexity index is 1330. The molecule has 2 aromatic heterocycles. The van der Waals surface area contributed by atoms with Crippen molar-refractivity contribution in [2.75, 3.05) is 11.1 Å². The maximum absolute atomic E-state index is 9.94. The number of rotatable bonds is 3. The van der Waals surface area contributed by atoms with Crippen LogP contribution in [0.5, 0.6) is 5.75 Å². The predicted molar refractivity (Wildman–Crippen MR) is 110 cm³/mol. The van der Waals surface area contributed by atoms with Gasteiger partial charge in [0.05, 0.1) is 17.2 Å². The molecule has 136 valence electrons. The Labute approximate surface area is 159 Å². The summed E-state index contributed by atoms with van der Waals surface area (Å²) in [5, 5.41) is 22.0. The highest BCUT2D eigenvalue weighted by Gasteiger charge is 2.11. The monoisotopic (exact) mass is 368 g/mol. The van der Waals surface area contributed by atoms with Gasteiger partial charge in [0.1, 0.15) is 11.6 Å². The van der Waals surface area contributed by atoms with Crippen molar-refractivity contribution in [3.63, 3.8) is 0 Å². The van der Waals surface area contributed by atoms with Crippen LogP contribution in [0, 0.1) is 0 Å². The van der Waals surface area contributed by atoms with Crippen LogP contribution in [0.1, 0.15) is 0 Å². The van der Waals surface area contributed by atoms with Crippen molar-refractivity contribution in [2.24, 2.45) is 0 Å². The van der Waals surface area contributed by atoms with Gasteiger partial charge in [0.15, 0.2) is 5.82 Å². The van der Waals surface area contributed by atoms with Gasteiger partial charge in [-0.1, -0.05) is 12.1 Å². The molecule has 0 aliphatic carbocycles. The molecule has 0 aliphatic heterocycles. The van der Waals surface area contributed by atoms with Gasteiger partial charge in [0, 0.05) is 27.7 Å². The molecule has 0 radical (unpaired) electrons. The van der Waals surface area contributed by atoms with Crippen LogP contribution in [-0.4, -0.2) is 25.3 Å². The minimum absolute atomic E-state index is 0.154. The van der Waals surface area contributed by atoms with Crippen molar-refractivity contribution in [1.82, 2.24) is 20.2 Å². The Morgan fingerprint density at radius 3 is 2.79 bits per heavy atom. The molecule has 2 heterocycles. The van der Waals surface area contributed by atoms with Crippen LogP contribution < -0.4 is 11.1 Å². The van der Waals surface area contributed by atoms with Crippen LogP contribution in [0.4, 0.5) is 17.2 Å². The molecule has 0 atom stereocenters. The number of hydrogen-bond donors (Lipinski definition) is 4. The minimum atomic E-state index is 0.154. The Kier molecular flexibility index (Phi) is 3.58. The highest BCUT2D eigenvalue weighted by atomic mass is 16.3. The standard InChI is InChI=1S/C21H16N6O/c22-14-3-1-2-12(8-14)20-25-19-7-5-16(28)10-17(19)21(26-20)24-15-4-6-18-13(9-15)11-23-27-18/h1-11,28H,22H2,(H,23,27)(H,24,25,26). The number of H-pyrrole nitrogens is 1. The van der Waals surface area contributed by atoms with Crippen molar-refractivity contribution in [1.29, 1.82) is 0 Å². The number of nitrogen functional groups attached to an aromatic ring is 1. The quantitative estimate of drug-likeness (QED) is 0.355. The fraction of sp³-hybridized carbons (Fsp3) is 0. The number of nitrogens with one attached hydrogen (secondary N) is 2. The maximum Gasteiger partial charge on any atom is 0.162 e. The number of phenolic OH excluding ortho intramolecular Hbond substituents is 1. The Morgan fingerprint density at radius 2 is 1.89 bits per heavy atom. The van der Waals surface area contributed by atoms with Crippen LogP contribution in [0.25, 0.3) is 33.2 Å². The number of hydrogen-bond acceptors (Lipinski definition) is 6. The van der Waals surface area contributed by atoms with Crippen LogP contribution >= 0.6 is 0 Å². The topological polar surface area (TPSA) is 113 Å². The predicted octanol–water partition coefficient (Wildman–Crippen LogP) is 4.20. The third-order valence-corrected chi connectivity index (χ3v) is 4.53. The number of fused-ring (bicyclic) bond motifs is 2. The highest BCUT2D eigenvalue weighted by molar-refractivity contribution is 5.94. The molecule has 0 bridgehead atoms. The Morgan fingerprint density at radius 1 is 0.964 bits per heavy atom. The molecule has 0 fully saturated rings. The van der Waals surface area contributed by atoms with Crippen LogP contribution in [-0.2, 0) is 0 Å². The zero-order valence-electron chi connectivity index (χ0n) is 14.7. The maximum atomic E-state index is 9.94.